The maximum atomic E-state index is 4.25. The van der Waals surface area contributed by atoms with Gasteiger partial charge >= 0.3 is 0 Å². The minimum atomic E-state index is 0.965. The van der Waals surface area contributed by atoms with Gasteiger partial charge in [-0.15, -0.1) is 11.3 Å². The minimum absolute atomic E-state index is 0.965. The first-order chi connectivity index (χ1) is 7.75. The minimum Gasteiger partial charge on any atom is -0.384 e. The third-order valence-electron chi connectivity index (χ3n) is 2.50. The normalized spacial score (nSPS) is 10.4. The Hall–Kier alpha value is -1.35. The Morgan fingerprint density at radius 3 is 2.75 bits per heavy atom. The number of hydrogen-bond acceptors (Lipinski definition) is 3. The molecule has 0 aliphatic heterocycles. The number of anilines is 1. The molecule has 0 aliphatic rings. The molecule has 84 valence electrons. The lowest BCUT2D eigenvalue weighted by Gasteiger charge is -2.07. The molecule has 0 spiro atoms. The van der Waals surface area contributed by atoms with Crippen LogP contribution >= 0.6 is 11.3 Å². The zero-order chi connectivity index (χ0) is 11.4. The Morgan fingerprint density at radius 2 is 2.06 bits per heavy atom. The topological polar surface area (TPSA) is 24.9 Å². The van der Waals surface area contributed by atoms with Crippen LogP contribution < -0.4 is 5.32 Å². The summed E-state index contributed by atoms with van der Waals surface area (Å²) >= 11 is 1.78. The highest BCUT2D eigenvalue weighted by Crippen LogP contribution is 2.15. The fourth-order valence-corrected chi connectivity index (χ4v) is 2.41. The van der Waals surface area contributed by atoms with Crippen molar-refractivity contribution in [2.24, 2.45) is 0 Å². The van der Waals surface area contributed by atoms with Crippen molar-refractivity contribution in [1.29, 1.82) is 0 Å². The van der Waals surface area contributed by atoms with Crippen LogP contribution in [0.5, 0.6) is 0 Å². The van der Waals surface area contributed by atoms with Crippen molar-refractivity contribution in [3.8, 4) is 0 Å². The number of nitrogens with one attached hydrogen (secondary N) is 1. The quantitative estimate of drug-likeness (QED) is 0.873. The third-order valence-corrected chi connectivity index (χ3v) is 3.47. The predicted octanol–water partition coefficient (Wildman–Crippen LogP) is 3.41. The van der Waals surface area contributed by atoms with E-state index in [1.165, 1.54) is 16.1 Å². The monoisotopic (exact) mass is 232 g/mol. The average Bonchev–Trinajstić information content (AvgIpc) is 2.67. The summed E-state index contributed by atoms with van der Waals surface area (Å²) in [4.78, 5) is 5.60. The zero-order valence-corrected chi connectivity index (χ0v) is 10.5. The van der Waals surface area contributed by atoms with Crippen molar-refractivity contribution in [3.63, 3.8) is 0 Å². The molecule has 3 heteroatoms. The molecule has 1 aromatic heterocycles. The highest BCUT2D eigenvalue weighted by Gasteiger charge is 1.99. The van der Waals surface area contributed by atoms with Gasteiger partial charge in [0.1, 0.15) is 0 Å². The van der Waals surface area contributed by atoms with Crippen LogP contribution in [-0.2, 0) is 6.42 Å². The summed E-state index contributed by atoms with van der Waals surface area (Å²) in [6, 6.07) is 8.37. The van der Waals surface area contributed by atoms with Gasteiger partial charge < -0.3 is 5.32 Å². The van der Waals surface area contributed by atoms with Crippen LogP contribution in [0.2, 0.25) is 0 Å². The molecule has 0 saturated carbocycles. The number of hydrogen-bond donors (Lipinski definition) is 1. The number of nitrogens with zero attached hydrogens (tertiary/aromatic N) is 1. The first-order valence-corrected chi connectivity index (χ1v) is 6.28. The Labute approximate surface area is 100 Å². The molecule has 1 aromatic carbocycles. The van der Waals surface area contributed by atoms with Crippen molar-refractivity contribution in [2.75, 3.05) is 11.9 Å². The van der Waals surface area contributed by atoms with E-state index in [1.807, 2.05) is 13.1 Å². The molecule has 0 fully saturated rings. The molecule has 0 amide bonds. The Morgan fingerprint density at radius 1 is 1.25 bits per heavy atom. The van der Waals surface area contributed by atoms with Crippen molar-refractivity contribution in [3.05, 3.63) is 45.9 Å². The lowest BCUT2D eigenvalue weighted by atomic mass is 10.2. The summed E-state index contributed by atoms with van der Waals surface area (Å²) in [6.45, 7) is 5.13. The lowest BCUT2D eigenvalue weighted by Crippen LogP contribution is -2.04. The van der Waals surface area contributed by atoms with Crippen LogP contribution in [-0.4, -0.2) is 11.5 Å². The molecular weight excluding hydrogens is 216 g/mol. The van der Waals surface area contributed by atoms with E-state index in [0.29, 0.717) is 0 Å². The highest BCUT2D eigenvalue weighted by molar-refractivity contribution is 7.11. The maximum absolute atomic E-state index is 4.25. The maximum Gasteiger partial charge on any atom is 0.0896 e. The van der Waals surface area contributed by atoms with Gasteiger partial charge in [-0.2, -0.15) is 0 Å². The van der Waals surface area contributed by atoms with Gasteiger partial charge in [0.25, 0.3) is 0 Å². The van der Waals surface area contributed by atoms with Crippen LogP contribution in [0, 0.1) is 13.8 Å². The standard InChI is InChI=1S/C13H16N2S/c1-10-5-3-4-6-13(10)14-8-7-12-9-15-11(2)16-12/h3-6,9,14H,7-8H2,1-2H3. The predicted molar refractivity (Wildman–Crippen MR) is 70.2 cm³/mol. The van der Waals surface area contributed by atoms with Gasteiger partial charge in [0.05, 0.1) is 5.01 Å². The van der Waals surface area contributed by atoms with E-state index in [-0.39, 0.29) is 0 Å². The van der Waals surface area contributed by atoms with E-state index in [1.54, 1.807) is 11.3 Å². The van der Waals surface area contributed by atoms with E-state index in [9.17, 15) is 0 Å². The first-order valence-electron chi connectivity index (χ1n) is 5.46. The number of para-hydroxylation sites is 1. The van der Waals surface area contributed by atoms with E-state index in [4.69, 9.17) is 0 Å². The molecule has 1 heterocycles. The zero-order valence-electron chi connectivity index (χ0n) is 9.66. The van der Waals surface area contributed by atoms with Gasteiger partial charge in [-0.25, -0.2) is 4.98 Å². The van der Waals surface area contributed by atoms with Gasteiger partial charge in [-0.05, 0) is 25.5 Å². The molecule has 0 bridgehead atoms. The Balaban J connectivity index is 1.87. The summed E-state index contributed by atoms with van der Waals surface area (Å²) in [6.07, 6.45) is 3.01. The number of aromatic nitrogens is 1. The summed E-state index contributed by atoms with van der Waals surface area (Å²) in [5.74, 6) is 0. The number of thiazole rings is 1. The van der Waals surface area contributed by atoms with E-state index in [0.717, 1.165) is 18.0 Å². The van der Waals surface area contributed by atoms with Crippen LogP contribution in [0.1, 0.15) is 15.4 Å². The van der Waals surface area contributed by atoms with Gasteiger partial charge in [0.2, 0.25) is 0 Å². The smallest absolute Gasteiger partial charge is 0.0896 e. The van der Waals surface area contributed by atoms with Crippen LogP contribution in [0.4, 0.5) is 5.69 Å². The molecular formula is C13H16N2S. The molecule has 2 rings (SSSR count). The van der Waals surface area contributed by atoms with Gasteiger partial charge in [-0.3, -0.25) is 0 Å². The summed E-state index contributed by atoms with van der Waals surface area (Å²) in [5, 5.41) is 4.59. The molecule has 2 aromatic rings. The fraction of sp³-hybridized carbons (Fsp3) is 0.308. The van der Waals surface area contributed by atoms with Crippen molar-refractivity contribution < 1.29 is 0 Å². The molecule has 0 atom stereocenters. The van der Waals surface area contributed by atoms with E-state index < -0.39 is 0 Å². The van der Waals surface area contributed by atoms with Crippen LogP contribution in [0.3, 0.4) is 0 Å². The Bertz CT molecular complexity index is 462. The second-order valence-corrected chi connectivity index (χ2v) is 5.16. The second-order valence-electron chi connectivity index (χ2n) is 3.84. The fourth-order valence-electron chi connectivity index (χ4n) is 1.61. The van der Waals surface area contributed by atoms with E-state index in [2.05, 4.69) is 41.5 Å². The average molecular weight is 232 g/mol. The molecule has 0 unspecified atom stereocenters. The first kappa shape index (κ1) is 11.1. The SMILES string of the molecule is Cc1ncc(CCNc2ccccc2C)s1. The molecule has 0 aliphatic carbocycles. The van der Waals surface area contributed by atoms with Crippen molar-refractivity contribution in [1.82, 2.24) is 4.98 Å². The van der Waals surface area contributed by atoms with Crippen LogP contribution in [0.15, 0.2) is 30.5 Å². The summed E-state index contributed by atoms with van der Waals surface area (Å²) in [7, 11) is 0. The van der Waals surface area contributed by atoms with Gasteiger partial charge in [-0.1, -0.05) is 18.2 Å². The molecule has 2 nitrogen and oxygen atoms in total. The second kappa shape index (κ2) is 5.12. The van der Waals surface area contributed by atoms with Crippen LogP contribution in [0.25, 0.3) is 0 Å². The number of aryl methyl sites for hydroxylation is 2. The van der Waals surface area contributed by atoms with Crippen molar-refractivity contribution >= 4 is 17.0 Å². The summed E-state index contributed by atoms with van der Waals surface area (Å²) in [5.41, 5.74) is 2.52. The van der Waals surface area contributed by atoms with E-state index >= 15 is 0 Å². The Kier molecular flexibility index (Phi) is 3.57. The van der Waals surface area contributed by atoms with Gasteiger partial charge in [0, 0.05) is 29.7 Å². The van der Waals surface area contributed by atoms with Crippen molar-refractivity contribution in [2.45, 2.75) is 20.3 Å². The number of rotatable bonds is 4. The highest BCUT2D eigenvalue weighted by atomic mass is 32.1. The molecule has 0 saturated heterocycles. The molecule has 16 heavy (non-hydrogen) atoms. The lowest BCUT2D eigenvalue weighted by molar-refractivity contribution is 1.03. The van der Waals surface area contributed by atoms with Gasteiger partial charge in [0.15, 0.2) is 0 Å². The molecule has 1 N–H and O–H groups in total. The molecule has 0 radical (unpaired) electrons. The number of benzene rings is 1. The third kappa shape index (κ3) is 2.83. The largest absolute Gasteiger partial charge is 0.384 e. The summed E-state index contributed by atoms with van der Waals surface area (Å²) < 4.78 is 0.